The largest absolute Gasteiger partial charge is 0.490 e. The van der Waals surface area contributed by atoms with Crippen LogP contribution in [0.3, 0.4) is 0 Å². The summed E-state index contributed by atoms with van der Waals surface area (Å²) in [5, 5.41) is 12.4. The zero-order valence-electron chi connectivity index (χ0n) is 17.6. The molecule has 1 aliphatic heterocycles. The molecule has 1 fully saturated rings. The summed E-state index contributed by atoms with van der Waals surface area (Å²) >= 11 is 3.35. The van der Waals surface area contributed by atoms with Crippen LogP contribution in [-0.4, -0.2) is 30.0 Å². The van der Waals surface area contributed by atoms with Crippen molar-refractivity contribution in [2.45, 2.75) is 0 Å². The van der Waals surface area contributed by atoms with E-state index < -0.39 is 16.7 Å². The molecular formula is C24H18BrN3O6. The standard InChI is InChI=1S/C24H18BrN3O6/c25-17-6-9-20(10-7-17)33-12-13-34-22-11-8-19(28(31)32)14-16(22)15-21-23(29)26-27(24(21)30)18-4-2-1-3-5-18/h1-11,14-15H,12-13H2,(H,26,29)/b21-15+. The van der Waals surface area contributed by atoms with Gasteiger partial charge in [0.1, 0.15) is 30.3 Å². The summed E-state index contributed by atoms with van der Waals surface area (Å²) in [4.78, 5) is 36.1. The minimum Gasteiger partial charge on any atom is -0.490 e. The molecule has 0 unspecified atom stereocenters. The third-order valence-corrected chi connectivity index (χ3v) is 5.36. The Morgan fingerprint density at radius 2 is 1.68 bits per heavy atom. The molecule has 0 spiro atoms. The molecule has 0 bridgehead atoms. The Bertz CT molecular complexity index is 1260. The number of nitro benzene ring substituents is 1. The van der Waals surface area contributed by atoms with Crippen molar-refractivity contribution in [1.82, 2.24) is 5.43 Å². The number of hydrazine groups is 1. The van der Waals surface area contributed by atoms with Crippen molar-refractivity contribution >= 4 is 45.2 Å². The first-order valence-electron chi connectivity index (χ1n) is 10.1. The highest BCUT2D eigenvalue weighted by Gasteiger charge is 2.34. The molecule has 0 saturated carbocycles. The Labute approximate surface area is 202 Å². The Morgan fingerprint density at radius 3 is 2.38 bits per heavy atom. The van der Waals surface area contributed by atoms with Crippen molar-refractivity contribution < 1.29 is 24.0 Å². The fourth-order valence-electron chi connectivity index (χ4n) is 3.21. The molecule has 3 aromatic carbocycles. The van der Waals surface area contributed by atoms with Gasteiger partial charge in [-0.3, -0.25) is 25.1 Å². The van der Waals surface area contributed by atoms with Crippen LogP contribution in [0, 0.1) is 10.1 Å². The van der Waals surface area contributed by atoms with Crippen molar-refractivity contribution in [2.75, 3.05) is 18.2 Å². The number of non-ortho nitro benzene ring substituents is 1. The number of halogens is 1. The van der Waals surface area contributed by atoms with E-state index in [0.29, 0.717) is 11.4 Å². The molecule has 2 amide bonds. The summed E-state index contributed by atoms with van der Waals surface area (Å²) in [7, 11) is 0. The van der Waals surface area contributed by atoms with Crippen LogP contribution >= 0.6 is 15.9 Å². The van der Waals surface area contributed by atoms with Gasteiger partial charge in [-0.1, -0.05) is 34.1 Å². The number of para-hydroxylation sites is 1. The number of hydrogen-bond donors (Lipinski definition) is 1. The van der Waals surface area contributed by atoms with Crippen LogP contribution in [0.15, 0.2) is 82.8 Å². The average molecular weight is 524 g/mol. The zero-order valence-corrected chi connectivity index (χ0v) is 19.2. The van der Waals surface area contributed by atoms with Crippen LogP contribution in [0.25, 0.3) is 6.08 Å². The first kappa shape index (κ1) is 23.0. The Kier molecular flexibility index (Phi) is 6.88. The second-order valence-corrected chi connectivity index (χ2v) is 8.02. The van der Waals surface area contributed by atoms with Gasteiger partial charge in [-0.15, -0.1) is 0 Å². The molecule has 1 heterocycles. The van der Waals surface area contributed by atoms with Gasteiger partial charge in [0.2, 0.25) is 0 Å². The third-order valence-electron chi connectivity index (χ3n) is 4.83. The maximum Gasteiger partial charge on any atom is 0.282 e. The average Bonchev–Trinajstić information content (AvgIpc) is 3.12. The highest BCUT2D eigenvalue weighted by Crippen LogP contribution is 2.29. The number of nitrogens with zero attached hydrogens (tertiary/aromatic N) is 2. The molecule has 3 aromatic rings. The molecule has 1 N–H and O–H groups in total. The van der Waals surface area contributed by atoms with E-state index in [0.717, 1.165) is 9.48 Å². The van der Waals surface area contributed by atoms with Crippen LogP contribution in [0.2, 0.25) is 0 Å². The number of nitro groups is 1. The van der Waals surface area contributed by atoms with Gasteiger partial charge in [0, 0.05) is 22.2 Å². The summed E-state index contributed by atoms with van der Waals surface area (Å²) < 4.78 is 12.3. The predicted molar refractivity (Wildman–Crippen MR) is 128 cm³/mol. The van der Waals surface area contributed by atoms with Crippen molar-refractivity contribution in [3.8, 4) is 11.5 Å². The summed E-state index contributed by atoms with van der Waals surface area (Å²) in [6.45, 7) is 0.357. The molecule has 172 valence electrons. The van der Waals surface area contributed by atoms with E-state index in [2.05, 4.69) is 21.4 Å². The van der Waals surface area contributed by atoms with E-state index in [1.165, 1.54) is 24.3 Å². The van der Waals surface area contributed by atoms with Gasteiger partial charge < -0.3 is 9.47 Å². The highest BCUT2D eigenvalue weighted by atomic mass is 79.9. The molecule has 4 rings (SSSR count). The van der Waals surface area contributed by atoms with Crippen LogP contribution in [-0.2, 0) is 9.59 Å². The van der Waals surface area contributed by atoms with E-state index >= 15 is 0 Å². The number of benzene rings is 3. The van der Waals surface area contributed by atoms with E-state index in [4.69, 9.17) is 9.47 Å². The van der Waals surface area contributed by atoms with Gasteiger partial charge >= 0.3 is 0 Å². The number of ether oxygens (including phenoxy) is 2. The maximum atomic E-state index is 12.9. The Balaban J connectivity index is 1.53. The lowest BCUT2D eigenvalue weighted by Gasteiger charge is -2.14. The van der Waals surface area contributed by atoms with Gasteiger partial charge in [-0.2, -0.15) is 0 Å². The van der Waals surface area contributed by atoms with Crippen LogP contribution in [0.1, 0.15) is 5.56 Å². The van der Waals surface area contributed by atoms with E-state index in [9.17, 15) is 19.7 Å². The number of carbonyl (C=O) groups excluding carboxylic acids is 2. The molecule has 0 atom stereocenters. The first-order chi connectivity index (χ1) is 16.4. The summed E-state index contributed by atoms with van der Waals surface area (Å²) in [6, 6.07) is 19.9. The molecule has 10 heteroatoms. The number of anilines is 1. The third kappa shape index (κ3) is 5.24. The van der Waals surface area contributed by atoms with Crippen molar-refractivity contribution in [3.05, 3.63) is 98.5 Å². The number of carbonyl (C=O) groups is 2. The van der Waals surface area contributed by atoms with Crippen LogP contribution in [0.4, 0.5) is 11.4 Å². The quantitative estimate of drug-likeness (QED) is 0.155. The minimum absolute atomic E-state index is 0.139. The minimum atomic E-state index is -0.620. The lowest BCUT2D eigenvalue weighted by molar-refractivity contribution is -0.384. The second-order valence-electron chi connectivity index (χ2n) is 7.11. The van der Waals surface area contributed by atoms with Gasteiger partial charge in [0.25, 0.3) is 17.5 Å². The lowest BCUT2D eigenvalue weighted by Crippen LogP contribution is -2.35. The topological polar surface area (TPSA) is 111 Å². The Morgan fingerprint density at radius 1 is 0.971 bits per heavy atom. The molecule has 1 aliphatic rings. The fourth-order valence-corrected chi connectivity index (χ4v) is 3.47. The smallest absolute Gasteiger partial charge is 0.282 e. The molecule has 1 saturated heterocycles. The lowest BCUT2D eigenvalue weighted by atomic mass is 10.1. The molecule has 0 aliphatic carbocycles. The molecule has 0 aromatic heterocycles. The van der Waals surface area contributed by atoms with E-state index in [-0.39, 0.29) is 35.8 Å². The molecule has 9 nitrogen and oxygen atoms in total. The van der Waals surface area contributed by atoms with Crippen molar-refractivity contribution in [3.63, 3.8) is 0 Å². The predicted octanol–water partition coefficient (Wildman–Crippen LogP) is 4.28. The Hall–Kier alpha value is -4.18. The maximum absolute atomic E-state index is 12.9. The zero-order chi connectivity index (χ0) is 24.1. The fraction of sp³-hybridized carbons (Fsp3) is 0.0833. The van der Waals surface area contributed by atoms with Crippen molar-refractivity contribution in [1.29, 1.82) is 0 Å². The second kappa shape index (κ2) is 10.2. The first-order valence-corrected chi connectivity index (χ1v) is 10.9. The van der Waals surface area contributed by atoms with Gasteiger partial charge in [0.05, 0.1) is 10.6 Å². The van der Waals surface area contributed by atoms with Crippen molar-refractivity contribution in [2.24, 2.45) is 0 Å². The van der Waals surface area contributed by atoms with Gasteiger partial charge in [-0.25, -0.2) is 5.01 Å². The van der Waals surface area contributed by atoms with E-state index in [1.807, 2.05) is 12.1 Å². The summed E-state index contributed by atoms with van der Waals surface area (Å²) in [5.74, 6) is -0.263. The number of nitrogens with one attached hydrogen (secondary N) is 1. The number of hydrogen-bond acceptors (Lipinski definition) is 6. The number of amides is 2. The SMILES string of the molecule is O=C1NN(c2ccccc2)C(=O)/C1=C/c1cc([N+](=O)[O-])ccc1OCCOc1ccc(Br)cc1. The van der Waals surface area contributed by atoms with Crippen LogP contribution < -0.4 is 19.9 Å². The number of rotatable bonds is 8. The van der Waals surface area contributed by atoms with Crippen LogP contribution in [0.5, 0.6) is 11.5 Å². The summed E-state index contributed by atoms with van der Waals surface area (Å²) in [5.41, 5.74) is 2.85. The van der Waals surface area contributed by atoms with Gasteiger partial charge in [-0.05, 0) is 48.5 Å². The molecule has 0 radical (unpaired) electrons. The normalized spacial score (nSPS) is 14.3. The van der Waals surface area contributed by atoms with Gasteiger partial charge in [0.15, 0.2) is 0 Å². The molecule has 34 heavy (non-hydrogen) atoms. The highest BCUT2D eigenvalue weighted by molar-refractivity contribution is 9.10. The van der Waals surface area contributed by atoms with E-state index in [1.54, 1.807) is 42.5 Å². The molecular weight excluding hydrogens is 506 g/mol. The summed E-state index contributed by atoms with van der Waals surface area (Å²) in [6.07, 6.45) is 1.29. The monoisotopic (exact) mass is 523 g/mol.